The number of hydrogen-bond acceptors (Lipinski definition) is 4. The predicted molar refractivity (Wildman–Crippen MR) is 77.4 cm³/mol. The van der Waals surface area contributed by atoms with Gasteiger partial charge in [-0.15, -0.1) is 0 Å². The quantitative estimate of drug-likeness (QED) is 0.201. The van der Waals surface area contributed by atoms with E-state index < -0.39 is 11.5 Å². The number of aliphatic hydroxyl groups excluding tert-OH is 1. The third-order valence-corrected chi connectivity index (χ3v) is 4.54. The number of amides is 1. The third-order valence-electron chi connectivity index (χ3n) is 4.54. The zero-order chi connectivity index (χ0) is 15.2. The van der Waals surface area contributed by atoms with Crippen LogP contribution >= 0.6 is 0 Å². The van der Waals surface area contributed by atoms with Gasteiger partial charge < -0.3 is 21.4 Å². The highest BCUT2D eigenvalue weighted by atomic mass is 16.4. The van der Waals surface area contributed by atoms with Crippen molar-refractivity contribution in [2.45, 2.75) is 70.9 Å². The topological polar surface area (TPSA) is 108 Å². The van der Waals surface area contributed by atoms with Crippen LogP contribution in [0.25, 0.3) is 0 Å². The summed E-state index contributed by atoms with van der Waals surface area (Å²) in [5.41, 5.74) is 4.72. The molecule has 0 aromatic rings. The summed E-state index contributed by atoms with van der Waals surface area (Å²) in [4.78, 5) is 12.6. The van der Waals surface area contributed by atoms with Gasteiger partial charge in [-0.1, -0.05) is 38.3 Å². The summed E-state index contributed by atoms with van der Waals surface area (Å²) in [5.74, 6) is -0.327. The van der Waals surface area contributed by atoms with Crippen LogP contribution < -0.4 is 11.1 Å². The van der Waals surface area contributed by atoms with E-state index in [0.717, 1.165) is 25.7 Å². The van der Waals surface area contributed by atoms with Crippen LogP contribution in [-0.4, -0.2) is 34.2 Å². The molecule has 0 bridgehead atoms. The first-order chi connectivity index (χ1) is 9.51. The Morgan fingerprint density at radius 2 is 1.90 bits per heavy atom. The number of oxime groups is 1. The molecule has 6 nitrogen and oxygen atoms in total. The van der Waals surface area contributed by atoms with E-state index in [-0.39, 0.29) is 17.8 Å². The molecule has 20 heavy (non-hydrogen) atoms. The number of nitrogens with two attached hydrogens (primary N) is 1. The molecule has 0 aromatic heterocycles. The highest BCUT2D eigenvalue weighted by Gasteiger charge is 2.41. The first kappa shape index (κ1) is 16.8. The molecular formula is C14H27N3O3. The Morgan fingerprint density at radius 1 is 1.30 bits per heavy atom. The standard InChI is InChI=1S/C14H27N3O3/c1-3-14(4-2,12(15)17-20)13(19)16-10-8-6-5-7-9-11(10)18/h10-11,18,20H,3-9H2,1-2H3,(H2,15,17)(H,16,19). The van der Waals surface area contributed by atoms with Crippen LogP contribution in [0.5, 0.6) is 0 Å². The van der Waals surface area contributed by atoms with E-state index in [4.69, 9.17) is 10.9 Å². The Labute approximate surface area is 120 Å². The summed E-state index contributed by atoms with van der Waals surface area (Å²) < 4.78 is 0. The maximum absolute atomic E-state index is 12.6. The minimum Gasteiger partial charge on any atom is -0.409 e. The van der Waals surface area contributed by atoms with E-state index in [2.05, 4.69) is 10.5 Å². The lowest BCUT2D eigenvalue weighted by Crippen LogP contribution is -2.54. The van der Waals surface area contributed by atoms with Crippen molar-refractivity contribution in [3.63, 3.8) is 0 Å². The molecule has 0 saturated heterocycles. The summed E-state index contributed by atoms with van der Waals surface area (Å²) in [6.45, 7) is 3.68. The average Bonchev–Trinajstić information content (AvgIpc) is 2.66. The van der Waals surface area contributed by atoms with Crippen molar-refractivity contribution in [1.29, 1.82) is 0 Å². The van der Waals surface area contributed by atoms with Gasteiger partial charge in [0.1, 0.15) is 5.41 Å². The van der Waals surface area contributed by atoms with Crippen LogP contribution in [0.15, 0.2) is 5.16 Å². The molecular weight excluding hydrogens is 258 g/mol. The van der Waals surface area contributed by atoms with Crippen molar-refractivity contribution in [3.8, 4) is 0 Å². The number of carbonyl (C=O) groups is 1. The molecule has 6 heteroatoms. The number of amidine groups is 1. The zero-order valence-electron chi connectivity index (χ0n) is 12.4. The Kier molecular flexibility index (Phi) is 6.26. The summed E-state index contributed by atoms with van der Waals surface area (Å²) in [7, 11) is 0. The number of carbonyl (C=O) groups excluding carboxylic acids is 1. The fourth-order valence-electron chi connectivity index (χ4n) is 2.91. The lowest BCUT2D eigenvalue weighted by Gasteiger charge is -2.32. The molecule has 0 aliphatic heterocycles. The van der Waals surface area contributed by atoms with Gasteiger partial charge in [0.2, 0.25) is 5.91 Å². The zero-order valence-corrected chi connectivity index (χ0v) is 12.4. The maximum Gasteiger partial charge on any atom is 0.234 e. The van der Waals surface area contributed by atoms with E-state index >= 15 is 0 Å². The molecule has 116 valence electrons. The van der Waals surface area contributed by atoms with E-state index in [1.54, 1.807) is 0 Å². The van der Waals surface area contributed by atoms with Crippen LogP contribution in [0.2, 0.25) is 0 Å². The van der Waals surface area contributed by atoms with Crippen LogP contribution in [-0.2, 0) is 4.79 Å². The molecule has 0 radical (unpaired) electrons. The molecule has 1 aliphatic carbocycles. The number of rotatable bonds is 5. The van der Waals surface area contributed by atoms with Gasteiger partial charge in [0.15, 0.2) is 5.84 Å². The molecule has 0 aromatic carbocycles. The van der Waals surface area contributed by atoms with Gasteiger partial charge in [-0.2, -0.15) is 0 Å². The molecule has 0 spiro atoms. The van der Waals surface area contributed by atoms with Crippen LogP contribution in [0.4, 0.5) is 0 Å². The minimum absolute atomic E-state index is 0.0666. The number of nitrogens with one attached hydrogen (secondary N) is 1. The van der Waals surface area contributed by atoms with Crippen LogP contribution in [0.1, 0.15) is 58.8 Å². The Bertz CT molecular complexity index is 354. The van der Waals surface area contributed by atoms with Gasteiger partial charge in [0.05, 0.1) is 12.1 Å². The van der Waals surface area contributed by atoms with Gasteiger partial charge >= 0.3 is 0 Å². The molecule has 1 rings (SSSR count). The van der Waals surface area contributed by atoms with Crippen molar-refractivity contribution in [3.05, 3.63) is 0 Å². The largest absolute Gasteiger partial charge is 0.409 e. The second-order valence-corrected chi connectivity index (χ2v) is 5.56. The monoisotopic (exact) mass is 285 g/mol. The molecule has 0 heterocycles. The van der Waals surface area contributed by atoms with E-state index in [1.165, 1.54) is 0 Å². The molecule has 2 atom stereocenters. The summed E-state index contributed by atoms with van der Waals surface area (Å²) >= 11 is 0. The Balaban J connectivity index is 2.85. The molecule has 1 fully saturated rings. The highest BCUT2D eigenvalue weighted by Crippen LogP contribution is 2.28. The number of hydrogen-bond donors (Lipinski definition) is 4. The fraction of sp³-hybridized carbons (Fsp3) is 0.857. The number of nitrogens with zero attached hydrogens (tertiary/aromatic N) is 1. The summed E-state index contributed by atoms with van der Waals surface area (Å²) in [6, 6.07) is -0.242. The van der Waals surface area contributed by atoms with Gasteiger partial charge in [0.25, 0.3) is 0 Å². The fourth-order valence-corrected chi connectivity index (χ4v) is 2.91. The van der Waals surface area contributed by atoms with Gasteiger partial charge in [-0.25, -0.2) is 0 Å². The third kappa shape index (κ3) is 3.42. The first-order valence-corrected chi connectivity index (χ1v) is 7.48. The average molecular weight is 285 g/mol. The molecule has 5 N–H and O–H groups in total. The molecule has 1 amide bonds. The SMILES string of the molecule is CCC(CC)(C(=O)NC1CCCCCC1O)C(N)=NO. The second kappa shape index (κ2) is 7.47. The van der Waals surface area contributed by atoms with Crippen molar-refractivity contribution in [1.82, 2.24) is 5.32 Å². The smallest absolute Gasteiger partial charge is 0.234 e. The summed E-state index contributed by atoms with van der Waals surface area (Å²) in [5, 5.41) is 24.9. The van der Waals surface area contributed by atoms with Gasteiger partial charge in [-0.05, 0) is 25.7 Å². The normalized spacial score (nSPS) is 25.1. The predicted octanol–water partition coefficient (Wildman–Crippen LogP) is 1.35. The van der Waals surface area contributed by atoms with E-state index in [1.807, 2.05) is 13.8 Å². The molecule has 1 saturated carbocycles. The summed E-state index contributed by atoms with van der Waals surface area (Å²) in [6.07, 6.45) is 4.93. The number of aliphatic hydroxyl groups is 1. The van der Waals surface area contributed by atoms with E-state index in [0.29, 0.717) is 19.3 Å². The lowest BCUT2D eigenvalue weighted by atomic mass is 9.79. The molecule has 1 aliphatic rings. The van der Waals surface area contributed by atoms with Crippen LogP contribution in [0, 0.1) is 5.41 Å². The van der Waals surface area contributed by atoms with Gasteiger partial charge in [-0.3, -0.25) is 4.79 Å². The Hall–Kier alpha value is -1.30. The second-order valence-electron chi connectivity index (χ2n) is 5.56. The lowest BCUT2D eigenvalue weighted by molar-refractivity contribution is -0.129. The maximum atomic E-state index is 12.6. The van der Waals surface area contributed by atoms with E-state index in [9.17, 15) is 9.90 Å². The highest BCUT2D eigenvalue weighted by molar-refractivity contribution is 6.06. The van der Waals surface area contributed by atoms with Crippen molar-refractivity contribution in [2.75, 3.05) is 0 Å². The minimum atomic E-state index is -0.999. The van der Waals surface area contributed by atoms with Crippen molar-refractivity contribution >= 4 is 11.7 Å². The Morgan fingerprint density at radius 3 is 2.45 bits per heavy atom. The molecule has 2 unspecified atom stereocenters. The van der Waals surface area contributed by atoms with Gasteiger partial charge in [0, 0.05) is 0 Å². The van der Waals surface area contributed by atoms with Crippen molar-refractivity contribution in [2.24, 2.45) is 16.3 Å². The van der Waals surface area contributed by atoms with Crippen LogP contribution in [0.3, 0.4) is 0 Å². The first-order valence-electron chi connectivity index (χ1n) is 7.48. The van der Waals surface area contributed by atoms with Crippen molar-refractivity contribution < 1.29 is 15.1 Å².